The summed E-state index contributed by atoms with van der Waals surface area (Å²) in [7, 11) is -0.751. The average molecular weight is 312 g/mol. The van der Waals surface area contributed by atoms with Gasteiger partial charge in [-0.1, -0.05) is 0 Å². The molecule has 1 saturated heterocycles. The Bertz CT molecular complexity index is 478. The lowest BCUT2D eigenvalue weighted by molar-refractivity contribution is 0.685. The van der Waals surface area contributed by atoms with Crippen LogP contribution in [0.3, 0.4) is 0 Å². The molecule has 1 aliphatic rings. The first-order valence-corrected chi connectivity index (χ1v) is 9.20. The van der Waals surface area contributed by atoms with Crippen LogP contribution in [-0.2, 0) is 10.8 Å². The van der Waals surface area contributed by atoms with Crippen molar-refractivity contribution in [3.8, 4) is 0 Å². The Morgan fingerprint density at radius 1 is 1.14 bits per heavy atom. The molecule has 1 aromatic rings. The highest BCUT2D eigenvalue weighted by molar-refractivity contribution is 7.84. The number of anilines is 3. The zero-order chi connectivity index (χ0) is 15.1. The second-order valence-corrected chi connectivity index (χ2v) is 6.62. The molecular weight excluding hydrogens is 288 g/mol. The van der Waals surface area contributed by atoms with E-state index in [1.807, 2.05) is 6.92 Å². The maximum Gasteiger partial charge on any atom is 0.231 e. The van der Waals surface area contributed by atoms with Crippen molar-refractivity contribution >= 4 is 28.6 Å². The molecule has 1 fully saturated rings. The van der Waals surface area contributed by atoms with Crippen molar-refractivity contribution in [3.63, 3.8) is 0 Å². The van der Waals surface area contributed by atoms with Gasteiger partial charge in [-0.3, -0.25) is 4.21 Å². The fourth-order valence-electron chi connectivity index (χ4n) is 2.22. The molecule has 0 aromatic carbocycles. The molecule has 0 amide bonds. The maximum atomic E-state index is 11.0. The molecule has 118 valence electrons. The van der Waals surface area contributed by atoms with Gasteiger partial charge in [0, 0.05) is 49.0 Å². The number of nitrogens with one attached hydrogen (secondary N) is 2. The Balaban J connectivity index is 2.02. The van der Waals surface area contributed by atoms with Crippen molar-refractivity contribution in [2.75, 3.05) is 53.7 Å². The Morgan fingerprint density at radius 3 is 2.43 bits per heavy atom. The summed E-state index contributed by atoms with van der Waals surface area (Å²) >= 11 is 0. The summed E-state index contributed by atoms with van der Waals surface area (Å²) in [5.41, 5.74) is 0. The summed E-state index contributed by atoms with van der Waals surface area (Å²) in [5, 5.41) is 6.34. The third-order valence-corrected chi connectivity index (χ3v) is 4.10. The van der Waals surface area contributed by atoms with Crippen molar-refractivity contribution in [1.82, 2.24) is 15.0 Å². The van der Waals surface area contributed by atoms with Crippen molar-refractivity contribution in [3.05, 3.63) is 0 Å². The van der Waals surface area contributed by atoms with Crippen LogP contribution < -0.4 is 15.5 Å². The molecule has 1 atom stereocenters. The van der Waals surface area contributed by atoms with Gasteiger partial charge in [-0.05, 0) is 26.2 Å². The number of aromatic nitrogens is 3. The fraction of sp³-hybridized carbons (Fsp3) is 0.769. The van der Waals surface area contributed by atoms with Gasteiger partial charge in [-0.15, -0.1) is 0 Å². The summed E-state index contributed by atoms with van der Waals surface area (Å²) < 4.78 is 11.0. The van der Waals surface area contributed by atoms with E-state index in [4.69, 9.17) is 0 Å². The fourth-order valence-corrected chi connectivity index (χ4v) is 2.77. The van der Waals surface area contributed by atoms with Crippen LogP contribution in [0, 0.1) is 0 Å². The van der Waals surface area contributed by atoms with Crippen LogP contribution in [-0.4, -0.2) is 57.3 Å². The predicted octanol–water partition coefficient (Wildman–Crippen LogP) is 1.08. The second kappa shape index (κ2) is 8.11. The van der Waals surface area contributed by atoms with Crippen LogP contribution in [0.5, 0.6) is 0 Å². The molecule has 7 nitrogen and oxygen atoms in total. The number of nitrogens with zero attached hydrogens (tertiary/aromatic N) is 4. The van der Waals surface area contributed by atoms with Crippen LogP contribution in [0.25, 0.3) is 0 Å². The van der Waals surface area contributed by atoms with E-state index in [9.17, 15) is 4.21 Å². The molecule has 1 unspecified atom stereocenters. The molecule has 21 heavy (non-hydrogen) atoms. The monoisotopic (exact) mass is 312 g/mol. The Hall–Kier alpha value is -1.44. The zero-order valence-corrected chi connectivity index (χ0v) is 13.6. The largest absolute Gasteiger partial charge is 0.354 e. The van der Waals surface area contributed by atoms with E-state index in [1.165, 1.54) is 12.8 Å². The van der Waals surface area contributed by atoms with Gasteiger partial charge in [0.15, 0.2) is 0 Å². The van der Waals surface area contributed by atoms with E-state index in [1.54, 1.807) is 6.26 Å². The molecule has 2 heterocycles. The van der Waals surface area contributed by atoms with E-state index >= 15 is 0 Å². The highest BCUT2D eigenvalue weighted by Gasteiger charge is 2.17. The van der Waals surface area contributed by atoms with E-state index in [2.05, 4.69) is 30.5 Å². The van der Waals surface area contributed by atoms with Crippen LogP contribution in [0.4, 0.5) is 17.8 Å². The molecule has 8 heteroatoms. The molecule has 0 bridgehead atoms. The van der Waals surface area contributed by atoms with E-state index in [0.717, 1.165) is 32.0 Å². The van der Waals surface area contributed by atoms with Gasteiger partial charge in [0.05, 0.1) is 0 Å². The Morgan fingerprint density at radius 2 is 1.81 bits per heavy atom. The lowest BCUT2D eigenvalue weighted by Crippen LogP contribution is -2.22. The standard InChI is InChI=1S/C13H24N6OS/c1-3-14-11-16-12(15-7-6-10-21(2)20)18-13(17-11)19-8-4-5-9-19/h3-10H2,1-2H3,(H2,14,15,16,17,18). The highest BCUT2D eigenvalue weighted by Crippen LogP contribution is 2.18. The maximum absolute atomic E-state index is 11.0. The Kier molecular flexibility index (Phi) is 6.16. The van der Waals surface area contributed by atoms with Crippen LogP contribution >= 0.6 is 0 Å². The van der Waals surface area contributed by atoms with Gasteiger partial charge in [0.2, 0.25) is 17.8 Å². The minimum absolute atomic E-state index is 0.588. The minimum Gasteiger partial charge on any atom is -0.354 e. The van der Waals surface area contributed by atoms with Crippen LogP contribution in [0.15, 0.2) is 0 Å². The normalized spacial score (nSPS) is 16.0. The van der Waals surface area contributed by atoms with Crippen molar-refractivity contribution in [2.24, 2.45) is 0 Å². The summed E-state index contributed by atoms with van der Waals surface area (Å²) in [5.74, 6) is 2.62. The van der Waals surface area contributed by atoms with Crippen molar-refractivity contribution in [2.45, 2.75) is 26.2 Å². The van der Waals surface area contributed by atoms with Crippen molar-refractivity contribution in [1.29, 1.82) is 0 Å². The molecule has 2 N–H and O–H groups in total. The molecular formula is C13H24N6OS. The van der Waals surface area contributed by atoms with E-state index in [0.29, 0.717) is 24.2 Å². The van der Waals surface area contributed by atoms with Gasteiger partial charge < -0.3 is 15.5 Å². The van der Waals surface area contributed by atoms with Gasteiger partial charge in [0.1, 0.15) is 0 Å². The number of hydrogen-bond acceptors (Lipinski definition) is 7. The molecule has 0 saturated carbocycles. The van der Waals surface area contributed by atoms with Crippen LogP contribution in [0.2, 0.25) is 0 Å². The first-order valence-electron chi connectivity index (χ1n) is 7.48. The minimum atomic E-state index is -0.751. The second-order valence-electron chi connectivity index (χ2n) is 5.06. The molecule has 1 aliphatic heterocycles. The van der Waals surface area contributed by atoms with Gasteiger partial charge in [-0.2, -0.15) is 15.0 Å². The summed E-state index contributed by atoms with van der Waals surface area (Å²) in [6.07, 6.45) is 4.93. The summed E-state index contributed by atoms with van der Waals surface area (Å²) in [6, 6.07) is 0. The summed E-state index contributed by atoms with van der Waals surface area (Å²) in [4.78, 5) is 15.5. The molecule has 1 aromatic heterocycles. The SMILES string of the molecule is CCNc1nc(NCCCS(C)=O)nc(N2CCCC2)n1. The first-order chi connectivity index (χ1) is 10.2. The first kappa shape index (κ1) is 15.9. The third kappa shape index (κ3) is 5.11. The van der Waals surface area contributed by atoms with E-state index in [-0.39, 0.29) is 0 Å². The Labute approximate surface area is 128 Å². The smallest absolute Gasteiger partial charge is 0.231 e. The van der Waals surface area contributed by atoms with Gasteiger partial charge in [-0.25, -0.2) is 0 Å². The summed E-state index contributed by atoms with van der Waals surface area (Å²) in [6.45, 7) is 5.52. The van der Waals surface area contributed by atoms with Gasteiger partial charge >= 0.3 is 0 Å². The lowest BCUT2D eigenvalue weighted by atomic mass is 10.4. The molecule has 0 radical (unpaired) electrons. The van der Waals surface area contributed by atoms with E-state index < -0.39 is 10.8 Å². The molecule has 0 aliphatic carbocycles. The molecule has 2 rings (SSSR count). The van der Waals surface area contributed by atoms with Crippen LogP contribution in [0.1, 0.15) is 26.2 Å². The topological polar surface area (TPSA) is 83.0 Å². The van der Waals surface area contributed by atoms with Crippen molar-refractivity contribution < 1.29 is 4.21 Å². The zero-order valence-electron chi connectivity index (χ0n) is 12.8. The predicted molar refractivity (Wildman–Crippen MR) is 87.5 cm³/mol. The number of hydrogen-bond donors (Lipinski definition) is 2. The number of rotatable bonds is 8. The molecule has 0 spiro atoms. The lowest BCUT2D eigenvalue weighted by Gasteiger charge is -2.17. The van der Waals surface area contributed by atoms with Gasteiger partial charge in [0.25, 0.3) is 0 Å². The highest BCUT2D eigenvalue weighted by atomic mass is 32.2. The average Bonchev–Trinajstić information content (AvgIpc) is 2.98. The third-order valence-electron chi connectivity index (χ3n) is 3.24. The quantitative estimate of drug-likeness (QED) is 0.695.